The molecule has 0 bridgehead atoms. The highest BCUT2D eigenvalue weighted by molar-refractivity contribution is 9.10. The number of hydrogen-bond donors (Lipinski definition) is 0. The molecule has 1 aromatic heterocycles. The molecule has 0 unspecified atom stereocenters. The van der Waals surface area contributed by atoms with Crippen LogP contribution in [0.1, 0.15) is 5.69 Å². The molecule has 0 aliphatic carbocycles. The van der Waals surface area contributed by atoms with Gasteiger partial charge in [-0.2, -0.15) is 0 Å². The Balaban J connectivity index is 2.23. The molecule has 0 radical (unpaired) electrons. The van der Waals surface area contributed by atoms with Gasteiger partial charge in [-0.1, -0.05) is 0 Å². The summed E-state index contributed by atoms with van der Waals surface area (Å²) in [6, 6.07) is 4.69. The van der Waals surface area contributed by atoms with Crippen molar-refractivity contribution in [2.75, 3.05) is 7.11 Å². The molecule has 0 aliphatic heterocycles. The van der Waals surface area contributed by atoms with Crippen LogP contribution in [0, 0.1) is 5.82 Å². The van der Waals surface area contributed by atoms with E-state index < -0.39 is 0 Å². The highest BCUT2D eigenvalue weighted by atomic mass is 79.9. The predicted octanol–water partition coefficient (Wildman–Crippen LogP) is 3.43. The zero-order valence-electron chi connectivity index (χ0n) is 9.44. The lowest BCUT2D eigenvalue weighted by Crippen LogP contribution is -2.04. The molecule has 0 saturated heterocycles. The molecule has 0 aliphatic rings. The Morgan fingerprint density at radius 3 is 3.00 bits per heavy atom. The van der Waals surface area contributed by atoms with Crippen LogP contribution in [0.25, 0.3) is 10.6 Å². The number of esters is 1. The van der Waals surface area contributed by atoms with E-state index in [4.69, 9.17) is 0 Å². The number of methoxy groups -OCH3 is 1. The van der Waals surface area contributed by atoms with Gasteiger partial charge in [-0.15, -0.1) is 11.3 Å². The summed E-state index contributed by atoms with van der Waals surface area (Å²) in [4.78, 5) is 15.4. The summed E-state index contributed by atoms with van der Waals surface area (Å²) in [6.45, 7) is 0. The van der Waals surface area contributed by atoms with Gasteiger partial charge in [0.15, 0.2) is 0 Å². The SMILES string of the molecule is COC(=O)Cc1csc(-c2ccc(F)c(Br)c2)n1. The van der Waals surface area contributed by atoms with Gasteiger partial charge >= 0.3 is 5.97 Å². The van der Waals surface area contributed by atoms with Gasteiger partial charge in [0.05, 0.1) is 23.7 Å². The molecule has 1 heterocycles. The van der Waals surface area contributed by atoms with Crippen LogP contribution in [0.15, 0.2) is 28.1 Å². The molecule has 0 amide bonds. The van der Waals surface area contributed by atoms with E-state index in [1.54, 1.807) is 17.5 Å². The van der Waals surface area contributed by atoms with Crippen LogP contribution in [0.4, 0.5) is 4.39 Å². The molecule has 18 heavy (non-hydrogen) atoms. The number of ether oxygens (including phenoxy) is 1. The Hall–Kier alpha value is -1.27. The van der Waals surface area contributed by atoms with Crippen LogP contribution in [0.3, 0.4) is 0 Å². The first-order valence-electron chi connectivity index (χ1n) is 5.07. The van der Waals surface area contributed by atoms with E-state index in [-0.39, 0.29) is 18.2 Å². The number of carbonyl (C=O) groups excluding carboxylic acids is 1. The normalized spacial score (nSPS) is 10.4. The minimum atomic E-state index is -0.327. The van der Waals surface area contributed by atoms with Crippen LogP contribution in [-0.2, 0) is 16.0 Å². The van der Waals surface area contributed by atoms with Crippen LogP contribution < -0.4 is 0 Å². The molecule has 0 spiro atoms. The average Bonchev–Trinajstić information content (AvgIpc) is 2.81. The number of rotatable bonds is 3. The number of benzene rings is 1. The highest BCUT2D eigenvalue weighted by Gasteiger charge is 2.10. The van der Waals surface area contributed by atoms with Crippen molar-refractivity contribution < 1.29 is 13.9 Å². The first kappa shape index (κ1) is 13.2. The second-order valence-electron chi connectivity index (χ2n) is 3.53. The topological polar surface area (TPSA) is 39.2 Å². The van der Waals surface area contributed by atoms with Crippen LogP contribution in [0.2, 0.25) is 0 Å². The van der Waals surface area contributed by atoms with Crippen molar-refractivity contribution in [3.05, 3.63) is 39.6 Å². The molecule has 0 atom stereocenters. The van der Waals surface area contributed by atoms with Crippen molar-refractivity contribution in [3.8, 4) is 10.6 Å². The first-order chi connectivity index (χ1) is 8.60. The third kappa shape index (κ3) is 2.94. The number of nitrogens with zero attached hydrogens (tertiary/aromatic N) is 1. The zero-order chi connectivity index (χ0) is 13.1. The van der Waals surface area contributed by atoms with Gasteiger partial charge in [-0.05, 0) is 34.1 Å². The van der Waals surface area contributed by atoms with Crippen molar-refractivity contribution in [1.29, 1.82) is 0 Å². The third-order valence-electron chi connectivity index (χ3n) is 2.27. The molecular weight excluding hydrogens is 321 g/mol. The maximum Gasteiger partial charge on any atom is 0.311 e. The molecule has 3 nitrogen and oxygen atoms in total. The maximum atomic E-state index is 13.1. The molecular formula is C12H9BrFNO2S. The summed E-state index contributed by atoms with van der Waals surface area (Å²) in [7, 11) is 1.34. The molecule has 6 heteroatoms. The van der Waals surface area contributed by atoms with Crippen molar-refractivity contribution >= 4 is 33.2 Å². The largest absolute Gasteiger partial charge is 0.469 e. The van der Waals surface area contributed by atoms with Gasteiger partial charge in [0.2, 0.25) is 0 Å². The summed E-state index contributed by atoms with van der Waals surface area (Å²) in [5.74, 6) is -0.641. The van der Waals surface area contributed by atoms with Crippen LogP contribution in [0.5, 0.6) is 0 Å². The number of aromatic nitrogens is 1. The Labute approximate surface area is 116 Å². The Morgan fingerprint density at radius 1 is 1.56 bits per heavy atom. The molecule has 2 aromatic rings. The van der Waals surface area contributed by atoms with E-state index in [1.165, 1.54) is 24.5 Å². The number of thiazole rings is 1. The van der Waals surface area contributed by atoms with Crippen molar-refractivity contribution in [2.24, 2.45) is 0 Å². The third-order valence-corrected chi connectivity index (χ3v) is 3.82. The van der Waals surface area contributed by atoms with Crippen molar-refractivity contribution in [1.82, 2.24) is 4.98 Å². The number of halogens is 2. The fourth-order valence-electron chi connectivity index (χ4n) is 1.37. The second kappa shape index (κ2) is 5.58. The summed E-state index contributed by atoms with van der Waals surface area (Å²) in [5.41, 5.74) is 1.46. The van der Waals surface area contributed by atoms with E-state index in [0.29, 0.717) is 10.2 Å². The summed E-state index contributed by atoms with van der Waals surface area (Å²) in [6.07, 6.45) is 0.148. The molecule has 0 fully saturated rings. The minimum absolute atomic E-state index is 0.148. The smallest absolute Gasteiger partial charge is 0.311 e. The lowest BCUT2D eigenvalue weighted by atomic mass is 10.2. The summed E-state index contributed by atoms with van der Waals surface area (Å²) < 4.78 is 18.1. The fourth-order valence-corrected chi connectivity index (χ4v) is 2.57. The van der Waals surface area contributed by atoms with Gasteiger partial charge in [-0.25, -0.2) is 9.37 Å². The van der Waals surface area contributed by atoms with E-state index in [1.807, 2.05) is 0 Å². The van der Waals surface area contributed by atoms with E-state index in [2.05, 4.69) is 25.7 Å². The van der Waals surface area contributed by atoms with Gasteiger partial charge in [0.25, 0.3) is 0 Å². The van der Waals surface area contributed by atoms with E-state index >= 15 is 0 Å². The average molecular weight is 330 g/mol. The standard InChI is InChI=1S/C12H9BrFNO2S/c1-17-11(16)5-8-6-18-12(15-8)7-2-3-10(14)9(13)4-7/h2-4,6H,5H2,1H3. The van der Waals surface area contributed by atoms with Gasteiger partial charge in [-0.3, -0.25) is 4.79 Å². The molecule has 0 saturated carbocycles. The minimum Gasteiger partial charge on any atom is -0.469 e. The number of carbonyl (C=O) groups is 1. The van der Waals surface area contributed by atoms with E-state index in [9.17, 15) is 9.18 Å². The Kier molecular flexibility index (Phi) is 4.08. The highest BCUT2D eigenvalue weighted by Crippen LogP contribution is 2.27. The lowest BCUT2D eigenvalue weighted by molar-refractivity contribution is -0.139. The molecule has 0 N–H and O–H groups in total. The second-order valence-corrected chi connectivity index (χ2v) is 5.24. The van der Waals surface area contributed by atoms with Crippen molar-refractivity contribution in [3.63, 3.8) is 0 Å². The van der Waals surface area contributed by atoms with Crippen molar-refractivity contribution in [2.45, 2.75) is 6.42 Å². The lowest BCUT2D eigenvalue weighted by Gasteiger charge is -1.98. The zero-order valence-corrected chi connectivity index (χ0v) is 11.8. The van der Waals surface area contributed by atoms with Crippen LogP contribution in [-0.4, -0.2) is 18.1 Å². The van der Waals surface area contributed by atoms with Gasteiger partial charge < -0.3 is 4.74 Å². The fraction of sp³-hybridized carbons (Fsp3) is 0.167. The van der Waals surface area contributed by atoms with Crippen LogP contribution >= 0.6 is 27.3 Å². The Morgan fingerprint density at radius 2 is 2.33 bits per heavy atom. The van der Waals surface area contributed by atoms with Gasteiger partial charge in [0.1, 0.15) is 10.8 Å². The predicted molar refractivity (Wildman–Crippen MR) is 70.9 cm³/mol. The summed E-state index contributed by atoms with van der Waals surface area (Å²) >= 11 is 4.54. The van der Waals surface area contributed by atoms with E-state index in [0.717, 1.165) is 10.6 Å². The Bertz CT molecular complexity index is 585. The molecule has 2 rings (SSSR count). The quantitative estimate of drug-likeness (QED) is 0.810. The summed E-state index contributed by atoms with van der Waals surface area (Å²) in [5, 5.41) is 2.54. The molecule has 1 aromatic carbocycles. The molecule has 94 valence electrons. The first-order valence-corrected chi connectivity index (χ1v) is 6.74. The number of hydrogen-bond acceptors (Lipinski definition) is 4. The maximum absolute atomic E-state index is 13.1. The van der Waals surface area contributed by atoms with Gasteiger partial charge in [0, 0.05) is 10.9 Å². The monoisotopic (exact) mass is 329 g/mol.